The van der Waals surface area contributed by atoms with E-state index in [1.807, 2.05) is 60.7 Å². The van der Waals surface area contributed by atoms with E-state index in [1.165, 1.54) is 6.07 Å². The summed E-state index contributed by atoms with van der Waals surface area (Å²) in [5.74, 6) is -0.866. The van der Waals surface area contributed by atoms with Crippen molar-refractivity contribution in [3.8, 4) is 28.5 Å². The predicted molar refractivity (Wildman–Crippen MR) is 134 cm³/mol. The van der Waals surface area contributed by atoms with E-state index in [9.17, 15) is 14.9 Å². The van der Waals surface area contributed by atoms with Gasteiger partial charge in [-0.15, -0.1) is 0 Å². The zero-order chi connectivity index (χ0) is 24.8. The maximum absolute atomic E-state index is 12.5. The Balaban J connectivity index is 1.53. The zero-order valence-electron chi connectivity index (χ0n) is 18.3. The normalized spacial score (nSPS) is 10.4. The monoisotopic (exact) mass is 504 g/mol. The molecule has 1 amide bonds. The number of benzene rings is 3. The van der Waals surface area contributed by atoms with Gasteiger partial charge in [-0.05, 0) is 23.3 Å². The second kappa shape index (κ2) is 10.9. The third-order valence-electron chi connectivity index (χ3n) is 5.09. The number of esters is 1. The summed E-state index contributed by atoms with van der Waals surface area (Å²) in [6, 6.07) is 25.4. The predicted octanol–water partition coefficient (Wildman–Crippen LogP) is 6.52. The van der Waals surface area contributed by atoms with Crippen molar-refractivity contribution in [1.29, 1.82) is 5.26 Å². The molecular weight excluding hydrogens is 487 g/mol. The van der Waals surface area contributed by atoms with Crippen LogP contribution in [0.15, 0.2) is 83.3 Å². The molecule has 0 aliphatic heterocycles. The molecular formula is C27H18Cl2N2O4. The lowest BCUT2D eigenvalue weighted by atomic mass is 9.98. The Morgan fingerprint density at radius 2 is 1.60 bits per heavy atom. The van der Waals surface area contributed by atoms with E-state index in [0.717, 1.165) is 11.1 Å². The van der Waals surface area contributed by atoms with E-state index in [1.54, 1.807) is 12.1 Å². The summed E-state index contributed by atoms with van der Waals surface area (Å²) in [5, 5.41) is 13.2. The molecule has 1 aromatic heterocycles. The summed E-state index contributed by atoms with van der Waals surface area (Å²) < 4.78 is 11.0. The summed E-state index contributed by atoms with van der Waals surface area (Å²) in [5.41, 5.74) is 2.76. The standard InChI is InChI=1S/C27H18Cl2N2O4/c28-20-12-11-19(22(29)14-20)13-24(33)34-16-23(32)31-27-21(15-30)25(17-7-3-1-4-8-17)26(35-27)18-9-5-2-6-10-18/h1-12,14H,13,16H2,(H,31,32). The van der Waals surface area contributed by atoms with Crippen LogP contribution in [0.25, 0.3) is 22.5 Å². The fourth-order valence-electron chi connectivity index (χ4n) is 3.48. The molecule has 4 aromatic rings. The molecule has 0 saturated carbocycles. The number of carbonyl (C=O) groups is 2. The SMILES string of the molecule is N#Cc1c(NC(=O)COC(=O)Cc2ccc(Cl)cc2Cl)oc(-c2ccccc2)c1-c1ccccc1. The number of halogens is 2. The summed E-state index contributed by atoms with van der Waals surface area (Å²) in [4.78, 5) is 24.7. The van der Waals surface area contributed by atoms with Crippen molar-refractivity contribution in [2.75, 3.05) is 11.9 Å². The van der Waals surface area contributed by atoms with E-state index in [-0.39, 0.29) is 17.9 Å². The van der Waals surface area contributed by atoms with Crippen LogP contribution in [0.1, 0.15) is 11.1 Å². The number of hydrogen-bond acceptors (Lipinski definition) is 5. The molecule has 0 aliphatic carbocycles. The van der Waals surface area contributed by atoms with Crippen LogP contribution < -0.4 is 5.32 Å². The van der Waals surface area contributed by atoms with Crippen LogP contribution in [0.3, 0.4) is 0 Å². The summed E-state index contributed by atoms with van der Waals surface area (Å²) >= 11 is 11.9. The van der Waals surface area contributed by atoms with Gasteiger partial charge < -0.3 is 9.15 Å². The highest BCUT2D eigenvalue weighted by molar-refractivity contribution is 6.35. The summed E-state index contributed by atoms with van der Waals surface area (Å²) in [6.07, 6.45) is -0.121. The van der Waals surface area contributed by atoms with Gasteiger partial charge in [-0.1, -0.05) is 89.9 Å². The van der Waals surface area contributed by atoms with E-state index in [0.29, 0.717) is 26.9 Å². The minimum absolute atomic E-state index is 0.0213. The van der Waals surface area contributed by atoms with Gasteiger partial charge in [0.15, 0.2) is 6.61 Å². The number of nitriles is 1. The highest BCUT2D eigenvalue weighted by atomic mass is 35.5. The van der Waals surface area contributed by atoms with E-state index in [4.69, 9.17) is 32.4 Å². The van der Waals surface area contributed by atoms with Crippen molar-refractivity contribution in [3.05, 3.63) is 100 Å². The van der Waals surface area contributed by atoms with Gasteiger partial charge in [0, 0.05) is 21.2 Å². The molecule has 0 fully saturated rings. The lowest BCUT2D eigenvalue weighted by molar-refractivity contribution is -0.146. The molecule has 0 aliphatic rings. The van der Waals surface area contributed by atoms with Crippen molar-refractivity contribution in [1.82, 2.24) is 0 Å². The number of rotatable bonds is 7. The van der Waals surface area contributed by atoms with Crippen LogP contribution in [0.2, 0.25) is 10.0 Å². The number of amides is 1. The summed E-state index contributed by atoms with van der Waals surface area (Å²) in [7, 11) is 0. The average Bonchev–Trinajstić information content (AvgIpc) is 3.23. The maximum Gasteiger partial charge on any atom is 0.310 e. The van der Waals surface area contributed by atoms with Crippen molar-refractivity contribution < 1.29 is 18.7 Å². The molecule has 4 rings (SSSR count). The molecule has 0 radical (unpaired) electrons. The summed E-state index contributed by atoms with van der Waals surface area (Å²) in [6.45, 7) is -0.559. The van der Waals surface area contributed by atoms with Gasteiger partial charge in [0.05, 0.1) is 6.42 Å². The second-order valence-electron chi connectivity index (χ2n) is 7.48. The Morgan fingerprint density at radius 1 is 0.943 bits per heavy atom. The third kappa shape index (κ3) is 5.72. The van der Waals surface area contributed by atoms with E-state index in [2.05, 4.69) is 11.4 Å². The number of anilines is 1. The van der Waals surface area contributed by atoms with E-state index < -0.39 is 18.5 Å². The van der Waals surface area contributed by atoms with Crippen LogP contribution in [0, 0.1) is 11.3 Å². The molecule has 1 heterocycles. The molecule has 0 unspecified atom stereocenters. The quantitative estimate of drug-likeness (QED) is 0.289. The Hall–Kier alpha value is -4.05. The number of ether oxygens (including phenoxy) is 1. The van der Waals surface area contributed by atoms with Crippen LogP contribution in [0.4, 0.5) is 5.88 Å². The van der Waals surface area contributed by atoms with E-state index >= 15 is 0 Å². The number of furan rings is 1. The molecule has 0 saturated heterocycles. The first-order valence-corrected chi connectivity index (χ1v) is 11.3. The lowest BCUT2D eigenvalue weighted by Crippen LogP contribution is -2.21. The molecule has 8 heteroatoms. The fraction of sp³-hybridized carbons (Fsp3) is 0.0741. The largest absolute Gasteiger partial charge is 0.455 e. The van der Waals surface area contributed by atoms with Gasteiger partial charge in [-0.25, -0.2) is 0 Å². The van der Waals surface area contributed by atoms with Gasteiger partial charge >= 0.3 is 5.97 Å². The van der Waals surface area contributed by atoms with Crippen LogP contribution in [-0.4, -0.2) is 18.5 Å². The molecule has 35 heavy (non-hydrogen) atoms. The highest BCUT2D eigenvalue weighted by Gasteiger charge is 2.24. The molecule has 3 aromatic carbocycles. The van der Waals surface area contributed by atoms with Gasteiger partial charge in [-0.2, -0.15) is 5.26 Å². The second-order valence-corrected chi connectivity index (χ2v) is 8.32. The first-order valence-electron chi connectivity index (χ1n) is 10.5. The third-order valence-corrected chi connectivity index (χ3v) is 5.67. The Labute approximate surface area is 211 Å². The van der Waals surface area contributed by atoms with Crippen LogP contribution in [0.5, 0.6) is 0 Å². The number of carbonyl (C=O) groups excluding carboxylic acids is 2. The average molecular weight is 505 g/mol. The minimum atomic E-state index is -0.648. The van der Waals surface area contributed by atoms with Crippen molar-refractivity contribution in [2.45, 2.75) is 6.42 Å². The molecule has 6 nitrogen and oxygen atoms in total. The maximum atomic E-state index is 12.5. The van der Waals surface area contributed by atoms with Crippen molar-refractivity contribution in [2.24, 2.45) is 0 Å². The van der Waals surface area contributed by atoms with Gasteiger partial charge in [0.25, 0.3) is 5.91 Å². The first kappa shape index (κ1) is 24.1. The van der Waals surface area contributed by atoms with Gasteiger partial charge in [0.1, 0.15) is 17.4 Å². The smallest absolute Gasteiger partial charge is 0.310 e. The molecule has 1 N–H and O–H groups in total. The number of hydrogen-bond donors (Lipinski definition) is 1. The minimum Gasteiger partial charge on any atom is -0.455 e. The lowest BCUT2D eigenvalue weighted by Gasteiger charge is -2.07. The van der Waals surface area contributed by atoms with Crippen LogP contribution >= 0.6 is 23.2 Å². The molecule has 0 atom stereocenters. The molecule has 174 valence electrons. The van der Waals surface area contributed by atoms with Gasteiger partial charge in [-0.3, -0.25) is 14.9 Å². The van der Waals surface area contributed by atoms with Gasteiger partial charge in [0.2, 0.25) is 5.88 Å². The molecule has 0 bridgehead atoms. The number of nitrogens with zero attached hydrogens (tertiary/aromatic N) is 1. The van der Waals surface area contributed by atoms with Crippen molar-refractivity contribution in [3.63, 3.8) is 0 Å². The van der Waals surface area contributed by atoms with Crippen molar-refractivity contribution >= 4 is 41.0 Å². The Bertz CT molecular complexity index is 1410. The Morgan fingerprint density at radius 3 is 2.23 bits per heavy atom. The molecule has 0 spiro atoms. The fourth-order valence-corrected chi connectivity index (χ4v) is 3.95. The number of nitrogens with one attached hydrogen (secondary N) is 1. The first-order chi connectivity index (χ1) is 17.0. The highest BCUT2D eigenvalue weighted by Crippen LogP contribution is 2.41. The topological polar surface area (TPSA) is 92.3 Å². The Kier molecular flexibility index (Phi) is 7.51. The van der Waals surface area contributed by atoms with Crippen LogP contribution in [-0.2, 0) is 20.7 Å². The zero-order valence-corrected chi connectivity index (χ0v) is 19.8.